The number of piperidine rings is 1. The molecule has 4 rings (SSSR count). The van der Waals surface area contributed by atoms with E-state index < -0.39 is 4.75 Å². The highest BCUT2D eigenvalue weighted by atomic mass is 32.2. The number of aliphatic imine (C=N–C) groups is 1. The Kier molecular flexibility index (Phi) is 2.84. The van der Waals surface area contributed by atoms with Crippen LogP contribution in [-0.4, -0.2) is 34.3 Å². The van der Waals surface area contributed by atoms with Gasteiger partial charge in [0.05, 0.1) is 6.04 Å². The number of nitrogens with zero attached hydrogens (tertiary/aromatic N) is 1. The Balaban J connectivity index is 1.54. The van der Waals surface area contributed by atoms with Crippen molar-refractivity contribution in [3.63, 3.8) is 0 Å². The third-order valence-corrected chi connectivity index (χ3v) is 6.52. The Bertz CT molecular complexity index is 507. The van der Waals surface area contributed by atoms with Gasteiger partial charge in [0.15, 0.2) is 9.91 Å². The number of carbonyl (C=O) groups excluding carboxylic acids is 2. The van der Waals surface area contributed by atoms with Crippen molar-refractivity contribution in [2.75, 3.05) is 6.54 Å². The van der Waals surface area contributed by atoms with Gasteiger partial charge < -0.3 is 10.6 Å². The van der Waals surface area contributed by atoms with E-state index in [1.54, 1.807) is 0 Å². The lowest BCUT2D eigenvalue weighted by Crippen LogP contribution is -2.53. The van der Waals surface area contributed by atoms with Crippen molar-refractivity contribution in [2.24, 2.45) is 16.8 Å². The summed E-state index contributed by atoms with van der Waals surface area (Å²) < 4.78 is -0.950. The van der Waals surface area contributed by atoms with E-state index in [9.17, 15) is 9.59 Å². The van der Waals surface area contributed by atoms with E-state index in [0.29, 0.717) is 30.1 Å². The van der Waals surface area contributed by atoms with E-state index >= 15 is 0 Å². The van der Waals surface area contributed by atoms with Gasteiger partial charge in [-0.2, -0.15) is 0 Å². The summed E-state index contributed by atoms with van der Waals surface area (Å²) in [5.41, 5.74) is 0. The SMILES string of the molecule is O=C1NCCCC12SC(=N[C@H]1C[C@H]3CC[C@@H]1C3)NC2=O. The lowest BCUT2D eigenvalue weighted by molar-refractivity contribution is -0.133. The minimum Gasteiger partial charge on any atom is -0.354 e. The Labute approximate surface area is 122 Å². The molecular formula is C14H19N3O2S. The number of fused-ring (bicyclic) bond motifs is 2. The maximum atomic E-state index is 12.2. The van der Waals surface area contributed by atoms with Crippen LogP contribution in [0.5, 0.6) is 0 Å². The van der Waals surface area contributed by atoms with Gasteiger partial charge in [-0.05, 0) is 43.9 Å². The molecule has 6 heteroatoms. The zero-order chi connectivity index (χ0) is 13.7. The largest absolute Gasteiger partial charge is 0.354 e. The molecule has 2 N–H and O–H groups in total. The van der Waals surface area contributed by atoms with Gasteiger partial charge in [-0.25, -0.2) is 0 Å². The molecule has 2 heterocycles. The van der Waals surface area contributed by atoms with Gasteiger partial charge in [-0.15, -0.1) is 0 Å². The van der Waals surface area contributed by atoms with Gasteiger partial charge in [0, 0.05) is 6.54 Å². The van der Waals surface area contributed by atoms with E-state index in [2.05, 4.69) is 10.6 Å². The van der Waals surface area contributed by atoms with Crippen LogP contribution in [-0.2, 0) is 9.59 Å². The van der Waals surface area contributed by atoms with E-state index in [-0.39, 0.29) is 11.8 Å². The van der Waals surface area contributed by atoms with Crippen LogP contribution in [0.2, 0.25) is 0 Å². The minimum atomic E-state index is -0.950. The van der Waals surface area contributed by atoms with Crippen molar-refractivity contribution < 1.29 is 9.59 Å². The third kappa shape index (κ3) is 1.80. The lowest BCUT2D eigenvalue weighted by atomic mass is 9.96. The maximum absolute atomic E-state index is 12.2. The zero-order valence-corrected chi connectivity index (χ0v) is 12.2. The van der Waals surface area contributed by atoms with Gasteiger partial charge >= 0.3 is 0 Å². The molecule has 20 heavy (non-hydrogen) atoms. The maximum Gasteiger partial charge on any atom is 0.252 e. The number of amides is 2. The highest BCUT2D eigenvalue weighted by Crippen LogP contribution is 2.47. The van der Waals surface area contributed by atoms with Crippen molar-refractivity contribution in [1.29, 1.82) is 0 Å². The Morgan fingerprint density at radius 2 is 2.10 bits per heavy atom. The highest BCUT2D eigenvalue weighted by Gasteiger charge is 2.54. The summed E-state index contributed by atoms with van der Waals surface area (Å²) in [5, 5.41) is 6.33. The van der Waals surface area contributed by atoms with Crippen LogP contribution in [0.3, 0.4) is 0 Å². The van der Waals surface area contributed by atoms with Crippen LogP contribution in [0, 0.1) is 11.8 Å². The summed E-state index contributed by atoms with van der Waals surface area (Å²) in [6.07, 6.45) is 6.54. The first-order valence-corrected chi connectivity index (χ1v) is 8.35. The molecule has 108 valence electrons. The van der Waals surface area contributed by atoms with E-state index in [1.165, 1.54) is 31.0 Å². The minimum absolute atomic E-state index is 0.149. The number of thioether (sulfide) groups is 1. The Morgan fingerprint density at radius 3 is 2.80 bits per heavy atom. The summed E-state index contributed by atoms with van der Waals surface area (Å²) in [7, 11) is 0. The summed E-state index contributed by atoms with van der Waals surface area (Å²) in [4.78, 5) is 29.1. The molecule has 2 saturated carbocycles. The molecule has 2 amide bonds. The number of hydrogen-bond donors (Lipinski definition) is 2. The lowest BCUT2D eigenvalue weighted by Gasteiger charge is -2.27. The Morgan fingerprint density at radius 1 is 1.20 bits per heavy atom. The van der Waals surface area contributed by atoms with Gasteiger partial charge in [-0.1, -0.05) is 18.2 Å². The molecule has 2 aliphatic heterocycles. The van der Waals surface area contributed by atoms with Crippen LogP contribution in [0.15, 0.2) is 4.99 Å². The molecule has 2 saturated heterocycles. The van der Waals surface area contributed by atoms with Crippen molar-refractivity contribution in [3.8, 4) is 0 Å². The molecule has 0 aromatic heterocycles. The fourth-order valence-electron chi connectivity index (χ4n) is 4.12. The average molecular weight is 293 g/mol. The van der Waals surface area contributed by atoms with Gasteiger partial charge in [0.25, 0.3) is 5.91 Å². The highest BCUT2D eigenvalue weighted by molar-refractivity contribution is 8.17. The molecule has 4 aliphatic rings. The first-order chi connectivity index (χ1) is 9.67. The van der Waals surface area contributed by atoms with Gasteiger partial charge in [0.1, 0.15) is 0 Å². The molecule has 4 atom stereocenters. The number of hydrogen-bond acceptors (Lipinski definition) is 4. The number of rotatable bonds is 1. The van der Waals surface area contributed by atoms with Crippen molar-refractivity contribution >= 4 is 28.7 Å². The second kappa shape index (κ2) is 4.48. The molecule has 0 aromatic carbocycles. The fraction of sp³-hybridized carbons (Fsp3) is 0.786. The number of carbonyl (C=O) groups is 2. The standard InChI is InChI=1S/C14H19N3O2S/c18-11-14(4-1-5-15-11)12(19)17-13(20-14)16-10-7-8-2-3-9(10)6-8/h8-10H,1-7H2,(H,15,18)(H,16,17,19)/t8-,9+,10-,14?/m0/s1. The normalized spacial score (nSPS) is 45.2. The molecule has 0 aromatic rings. The van der Waals surface area contributed by atoms with Crippen LogP contribution >= 0.6 is 11.8 Å². The van der Waals surface area contributed by atoms with Crippen molar-refractivity contribution in [1.82, 2.24) is 10.6 Å². The average Bonchev–Trinajstić information content (AvgIpc) is 3.10. The van der Waals surface area contributed by atoms with Crippen molar-refractivity contribution in [2.45, 2.75) is 49.3 Å². The van der Waals surface area contributed by atoms with Gasteiger partial charge in [0.2, 0.25) is 5.91 Å². The first kappa shape index (κ1) is 12.7. The van der Waals surface area contributed by atoms with E-state index in [0.717, 1.165) is 18.8 Å². The predicted molar refractivity (Wildman–Crippen MR) is 77.4 cm³/mol. The second-order valence-electron chi connectivity index (χ2n) is 6.42. The van der Waals surface area contributed by atoms with E-state index in [1.807, 2.05) is 0 Å². The molecule has 2 aliphatic carbocycles. The van der Waals surface area contributed by atoms with Crippen molar-refractivity contribution in [3.05, 3.63) is 0 Å². The van der Waals surface area contributed by atoms with Gasteiger partial charge in [-0.3, -0.25) is 14.6 Å². The molecule has 2 bridgehead atoms. The molecule has 4 fully saturated rings. The topological polar surface area (TPSA) is 70.6 Å². The van der Waals surface area contributed by atoms with Crippen LogP contribution in [0.25, 0.3) is 0 Å². The summed E-state index contributed by atoms with van der Waals surface area (Å²) in [6.45, 7) is 0.674. The smallest absolute Gasteiger partial charge is 0.252 e. The predicted octanol–water partition coefficient (Wildman–Crippen LogP) is 1.04. The molecule has 0 radical (unpaired) electrons. The number of nitrogens with one attached hydrogen (secondary N) is 2. The monoisotopic (exact) mass is 293 g/mol. The summed E-state index contributed by atoms with van der Waals surface area (Å²) in [6, 6.07) is 0.360. The summed E-state index contributed by atoms with van der Waals surface area (Å²) in [5.74, 6) is 1.20. The zero-order valence-electron chi connectivity index (χ0n) is 11.4. The Hall–Kier alpha value is -1.04. The molecular weight excluding hydrogens is 274 g/mol. The van der Waals surface area contributed by atoms with Crippen LogP contribution in [0.4, 0.5) is 0 Å². The van der Waals surface area contributed by atoms with E-state index in [4.69, 9.17) is 4.99 Å². The molecule has 5 nitrogen and oxygen atoms in total. The quantitative estimate of drug-likeness (QED) is 0.710. The first-order valence-electron chi connectivity index (χ1n) is 7.54. The third-order valence-electron chi connectivity index (χ3n) is 5.20. The van der Waals surface area contributed by atoms with Crippen LogP contribution in [0.1, 0.15) is 38.5 Å². The molecule has 1 spiro atoms. The molecule has 1 unspecified atom stereocenters. The summed E-state index contributed by atoms with van der Waals surface area (Å²) >= 11 is 1.34. The van der Waals surface area contributed by atoms with Crippen LogP contribution < -0.4 is 10.6 Å². The number of amidine groups is 1. The second-order valence-corrected chi connectivity index (χ2v) is 7.71. The fourth-order valence-corrected chi connectivity index (χ4v) is 5.34.